The zero-order valence-electron chi connectivity index (χ0n) is 32.2. The Morgan fingerprint density at radius 3 is 2.40 bits per heavy atom. The Hall–Kier alpha value is -3.93. The van der Waals surface area contributed by atoms with Crippen molar-refractivity contribution < 1.29 is 23.9 Å². The summed E-state index contributed by atoms with van der Waals surface area (Å²) < 4.78 is 6.36. The van der Waals surface area contributed by atoms with Crippen molar-refractivity contribution in [3.8, 4) is 6.07 Å². The van der Waals surface area contributed by atoms with E-state index in [0.29, 0.717) is 46.5 Å². The zero-order valence-corrected chi connectivity index (χ0v) is 33.8. The van der Waals surface area contributed by atoms with Crippen LogP contribution in [-0.2, 0) is 23.9 Å². The number of halogens is 1. The van der Waals surface area contributed by atoms with E-state index in [9.17, 15) is 24.4 Å². The lowest BCUT2D eigenvalue weighted by Crippen LogP contribution is -2.58. The summed E-state index contributed by atoms with van der Waals surface area (Å²) in [5.74, 6) is -0.281. The number of carbonyl (C=O) groups excluding carboxylic acids is 4. The van der Waals surface area contributed by atoms with Crippen LogP contribution in [0, 0.1) is 11.3 Å². The molecule has 2 saturated carbocycles. The Morgan fingerprint density at radius 1 is 1.02 bits per heavy atom. The van der Waals surface area contributed by atoms with Crippen LogP contribution < -0.4 is 15.5 Å². The quantitative estimate of drug-likeness (QED) is 0.154. The molecule has 0 radical (unpaired) electrons. The van der Waals surface area contributed by atoms with Crippen molar-refractivity contribution in [2.24, 2.45) is 0 Å². The largest absolute Gasteiger partial charge is 0.378 e. The van der Waals surface area contributed by atoms with E-state index in [4.69, 9.17) is 28.6 Å². The molecule has 1 unspecified atom stereocenters. The molecule has 2 aliphatic heterocycles. The SMILES string of the molecule is C[C@@H]1CN(CCCOC2CCC(N3C(=S)N(c4ccc(C#N)c(Cl)c4)C(=O)C3(C)C)CC2)C[C@H](C)N1CC(=O)Nc1cccc(NC2CCC(=O)CC2=O)c1. The van der Waals surface area contributed by atoms with E-state index >= 15 is 0 Å². The van der Waals surface area contributed by atoms with E-state index in [-0.39, 0.29) is 66.6 Å². The molecule has 2 N–H and O–H groups in total. The maximum Gasteiger partial charge on any atom is 0.258 e. The molecule has 14 heteroatoms. The molecule has 2 aromatic rings. The zero-order chi connectivity index (χ0) is 39.4. The molecule has 2 amide bonds. The first kappa shape index (κ1) is 40.7. The lowest BCUT2D eigenvalue weighted by molar-refractivity contribution is -0.130. The normalized spacial score (nSPS) is 26.3. The van der Waals surface area contributed by atoms with Crippen LogP contribution in [0.4, 0.5) is 17.1 Å². The van der Waals surface area contributed by atoms with Crippen LogP contribution in [-0.4, -0.2) is 112 Å². The van der Waals surface area contributed by atoms with Crippen LogP contribution in [0.3, 0.4) is 0 Å². The number of rotatable bonds is 12. The number of thiocarbonyl (C=S) groups is 1. The first-order valence-corrected chi connectivity index (χ1v) is 20.2. The van der Waals surface area contributed by atoms with E-state index in [1.54, 1.807) is 23.1 Å². The lowest BCUT2D eigenvalue weighted by Gasteiger charge is -2.44. The fourth-order valence-electron chi connectivity index (χ4n) is 8.63. The van der Waals surface area contributed by atoms with Gasteiger partial charge in [0.15, 0.2) is 10.9 Å². The lowest BCUT2D eigenvalue weighted by atomic mass is 9.89. The number of anilines is 3. The maximum atomic E-state index is 13.6. The Morgan fingerprint density at radius 2 is 1.73 bits per heavy atom. The molecule has 2 aliphatic carbocycles. The molecule has 294 valence electrons. The standard InChI is InChI=1S/C41H52ClN7O5S/c1-26-23-46(24-27(2)47(26)25-38(52)45-30-8-5-7-29(19-30)44-36-16-13-33(50)21-37(36)51)17-6-18-54-34-14-11-31(12-15-34)49-40(55)48(39(53)41(49,3)4)32-10-9-28(22-43)35(42)20-32/h5,7-10,19-20,26-27,31,34,36,44H,6,11-18,21,23-25H2,1-4H3,(H,45,52)/t26-,27+,31?,34?,36?. The maximum absolute atomic E-state index is 13.6. The molecule has 6 rings (SSSR count). The topological polar surface area (TPSA) is 138 Å². The highest BCUT2D eigenvalue weighted by atomic mass is 35.5. The molecule has 0 aromatic heterocycles. The van der Waals surface area contributed by atoms with Crippen molar-refractivity contribution in [1.29, 1.82) is 5.26 Å². The molecule has 55 heavy (non-hydrogen) atoms. The van der Waals surface area contributed by atoms with Gasteiger partial charge in [0.2, 0.25) is 5.91 Å². The van der Waals surface area contributed by atoms with Gasteiger partial charge in [0.05, 0.1) is 41.4 Å². The minimum atomic E-state index is -0.801. The Kier molecular flexibility index (Phi) is 12.9. The molecule has 2 aromatic carbocycles. The number of ketones is 2. The summed E-state index contributed by atoms with van der Waals surface area (Å²) in [7, 11) is 0. The Balaban J connectivity index is 0.904. The highest BCUT2D eigenvalue weighted by Gasteiger charge is 2.52. The molecule has 0 spiro atoms. The Labute approximate surface area is 334 Å². The summed E-state index contributed by atoms with van der Waals surface area (Å²) in [4.78, 5) is 58.9. The van der Waals surface area contributed by atoms with Crippen molar-refractivity contribution in [3.63, 3.8) is 0 Å². The predicted octanol–water partition coefficient (Wildman–Crippen LogP) is 5.78. The van der Waals surface area contributed by atoms with Crippen LogP contribution in [0.2, 0.25) is 5.02 Å². The number of carbonyl (C=O) groups is 4. The van der Waals surface area contributed by atoms with Gasteiger partial charge in [0.1, 0.15) is 17.4 Å². The number of nitriles is 1. The van der Waals surface area contributed by atoms with E-state index in [0.717, 1.165) is 57.4 Å². The monoisotopic (exact) mass is 789 g/mol. The number of benzene rings is 2. The summed E-state index contributed by atoms with van der Waals surface area (Å²) in [5.41, 5.74) is 1.53. The van der Waals surface area contributed by atoms with Gasteiger partial charge in [-0.25, -0.2) is 0 Å². The molecular weight excluding hydrogens is 738 g/mol. The fraction of sp³-hybridized carbons (Fsp3) is 0.561. The van der Waals surface area contributed by atoms with Gasteiger partial charge in [-0.2, -0.15) is 5.26 Å². The molecule has 3 atom stereocenters. The molecule has 2 heterocycles. The van der Waals surface area contributed by atoms with E-state index in [2.05, 4.69) is 45.3 Å². The van der Waals surface area contributed by atoms with Crippen molar-refractivity contribution in [2.45, 2.75) is 115 Å². The average Bonchev–Trinajstić information content (AvgIpc) is 3.32. The van der Waals surface area contributed by atoms with Crippen molar-refractivity contribution >= 4 is 69.4 Å². The number of nitrogens with zero attached hydrogens (tertiary/aromatic N) is 5. The van der Waals surface area contributed by atoms with Crippen LogP contribution in [0.5, 0.6) is 0 Å². The van der Waals surface area contributed by atoms with Crippen LogP contribution >= 0.6 is 23.8 Å². The first-order chi connectivity index (χ1) is 26.2. The van der Waals surface area contributed by atoms with E-state index in [1.807, 2.05) is 38.1 Å². The molecule has 2 saturated heterocycles. The highest BCUT2D eigenvalue weighted by Crippen LogP contribution is 2.39. The number of hydrogen-bond acceptors (Lipinski definition) is 10. The van der Waals surface area contributed by atoms with Gasteiger partial charge < -0.3 is 25.2 Å². The number of ether oxygens (including phenoxy) is 1. The third-order valence-electron chi connectivity index (χ3n) is 11.5. The van der Waals surface area contributed by atoms with Gasteiger partial charge in [-0.3, -0.25) is 29.0 Å². The summed E-state index contributed by atoms with van der Waals surface area (Å²) in [6.07, 6.45) is 5.51. The summed E-state index contributed by atoms with van der Waals surface area (Å²) >= 11 is 12.2. The minimum absolute atomic E-state index is 0.00927. The smallest absolute Gasteiger partial charge is 0.258 e. The number of hydrogen-bond donors (Lipinski definition) is 2. The predicted molar refractivity (Wildman–Crippen MR) is 217 cm³/mol. The van der Waals surface area contributed by atoms with Crippen LogP contribution in [0.1, 0.15) is 84.6 Å². The van der Waals surface area contributed by atoms with Gasteiger partial charge >= 0.3 is 0 Å². The summed E-state index contributed by atoms with van der Waals surface area (Å²) in [6.45, 7) is 11.8. The van der Waals surface area contributed by atoms with Gasteiger partial charge in [-0.05, 0) is 115 Å². The third kappa shape index (κ3) is 9.38. The van der Waals surface area contributed by atoms with Gasteiger partial charge in [0.25, 0.3) is 5.91 Å². The Bertz CT molecular complexity index is 1830. The second-order valence-electron chi connectivity index (χ2n) is 16.0. The van der Waals surface area contributed by atoms with Crippen LogP contribution in [0.25, 0.3) is 0 Å². The summed E-state index contributed by atoms with van der Waals surface area (Å²) in [5, 5.41) is 16.3. The second kappa shape index (κ2) is 17.5. The van der Waals surface area contributed by atoms with Gasteiger partial charge in [-0.15, -0.1) is 0 Å². The number of piperazine rings is 1. The third-order valence-corrected chi connectivity index (χ3v) is 12.2. The minimum Gasteiger partial charge on any atom is -0.378 e. The van der Waals surface area contributed by atoms with Crippen molar-refractivity contribution in [2.75, 3.05) is 48.3 Å². The molecular formula is C41H52ClN7O5S. The molecule has 0 bridgehead atoms. The van der Waals surface area contributed by atoms with Gasteiger partial charge in [-0.1, -0.05) is 17.7 Å². The first-order valence-electron chi connectivity index (χ1n) is 19.4. The number of nitrogens with one attached hydrogen (secondary N) is 2. The van der Waals surface area contributed by atoms with E-state index < -0.39 is 5.54 Å². The van der Waals surface area contributed by atoms with E-state index in [1.165, 1.54) is 0 Å². The number of amides is 2. The second-order valence-corrected chi connectivity index (χ2v) is 16.7. The highest BCUT2D eigenvalue weighted by molar-refractivity contribution is 7.80. The number of Topliss-reactive ketones (excluding diaryl/α,β-unsaturated/α-hetero) is 2. The fourth-order valence-corrected chi connectivity index (χ4v) is 9.41. The van der Waals surface area contributed by atoms with Gasteiger partial charge in [0, 0.05) is 62.2 Å². The average molecular weight is 790 g/mol. The molecule has 12 nitrogen and oxygen atoms in total. The van der Waals surface area contributed by atoms with Crippen LogP contribution in [0.15, 0.2) is 42.5 Å². The van der Waals surface area contributed by atoms with Crippen molar-refractivity contribution in [1.82, 2.24) is 14.7 Å². The molecule has 4 fully saturated rings. The van der Waals surface area contributed by atoms with Crippen molar-refractivity contribution in [3.05, 3.63) is 53.1 Å². The molecule has 4 aliphatic rings. The summed E-state index contributed by atoms with van der Waals surface area (Å²) in [6, 6.07) is 14.5.